The van der Waals surface area contributed by atoms with E-state index in [-0.39, 0.29) is 17.5 Å². The van der Waals surface area contributed by atoms with E-state index in [0.29, 0.717) is 0 Å². The van der Waals surface area contributed by atoms with Gasteiger partial charge in [0.1, 0.15) is 17.2 Å². The van der Waals surface area contributed by atoms with Gasteiger partial charge in [0.25, 0.3) is 0 Å². The summed E-state index contributed by atoms with van der Waals surface area (Å²) in [5.41, 5.74) is 1.51. The van der Waals surface area contributed by atoms with E-state index in [1.807, 2.05) is 44.2 Å². The fraction of sp³-hybridized carbons (Fsp3) is 0.250. The Kier molecular flexibility index (Phi) is 2.70. The Morgan fingerprint density at radius 2 is 1.89 bits per heavy atom. The van der Waals surface area contributed by atoms with Crippen LogP contribution in [0.3, 0.4) is 0 Å². The van der Waals surface area contributed by atoms with Crippen LogP contribution in [0.5, 0.6) is 5.75 Å². The highest BCUT2D eigenvalue weighted by molar-refractivity contribution is 5.51. The van der Waals surface area contributed by atoms with Crippen molar-refractivity contribution in [2.24, 2.45) is 0 Å². The molecule has 0 radical (unpaired) electrons. The number of halogens is 1. The first-order chi connectivity index (χ1) is 9.06. The highest BCUT2D eigenvalue weighted by Crippen LogP contribution is 2.44. The van der Waals surface area contributed by atoms with Crippen molar-refractivity contribution in [1.29, 1.82) is 0 Å². The van der Waals surface area contributed by atoms with Crippen LogP contribution in [0.25, 0.3) is 0 Å². The van der Waals surface area contributed by atoms with Crippen molar-refractivity contribution in [3.05, 3.63) is 59.9 Å². The number of ether oxygens (including phenoxy) is 1. The fourth-order valence-corrected chi connectivity index (χ4v) is 2.53. The molecule has 0 saturated heterocycles. The van der Waals surface area contributed by atoms with Crippen molar-refractivity contribution in [1.82, 2.24) is 0 Å². The molecule has 1 N–H and O–H groups in total. The lowest BCUT2D eigenvalue weighted by Gasteiger charge is -2.28. The Balaban J connectivity index is 1.95. The summed E-state index contributed by atoms with van der Waals surface area (Å²) in [6.07, 6.45) is 0. The predicted octanol–water partition coefficient (Wildman–Crippen LogP) is 4.15. The molecule has 0 fully saturated rings. The topological polar surface area (TPSA) is 21.3 Å². The summed E-state index contributed by atoms with van der Waals surface area (Å²) in [4.78, 5) is 0. The maximum Gasteiger partial charge on any atom is 0.128 e. The van der Waals surface area contributed by atoms with Crippen LogP contribution < -0.4 is 10.1 Å². The summed E-state index contributed by atoms with van der Waals surface area (Å²) in [5.74, 6) is 0.649. The van der Waals surface area contributed by atoms with Gasteiger partial charge in [0.15, 0.2) is 0 Å². The van der Waals surface area contributed by atoms with Gasteiger partial charge >= 0.3 is 0 Å². The maximum absolute atomic E-state index is 13.3. The molecular weight excluding hydrogens is 241 g/mol. The first kappa shape index (κ1) is 12.0. The van der Waals surface area contributed by atoms with Crippen LogP contribution in [0.1, 0.15) is 25.5 Å². The number of rotatable bonds is 2. The summed E-state index contributed by atoms with van der Waals surface area (Å²) < 4.78 is 19.2. The van der Waals surface area contributed by atoms with Gasteiger partial charge in [-0.1, -0.05) is 24.3 Å². The van der Waals surface area contributed by atoms with Crippen LogP contribution in [0.15, 0.2) is 48.5 Å². The van der Waals surface area contributed by atoms with Gasteiger partial charge in [0.2, 0.25) is 0 Å². The molecule has 1 heterocycles. The van der Waals surface area contributed by atoms with Crippen LogP contribution in [-0.4, -0.2) is 5.60 Å². The second-order valence-electron chi connectivity index (χ2n) is 5.33. The number of anilines is 1. The van der Waals surface area contributed by atoms with Crippen LogP contribution in [0.4, 0.5) is 10.1 Å². The average molecular weight is 257 g/mol. The first-order valence-electron chi connectivity index (χ1n) is 6.36. The van der Waals surface area contributed by atoms with Gasteiger partial charge in [-0.3, -0.25) is 0 Å². The summed E-state index contributed by atoms with van der Waals surface area (Å²) in [6, 6.07) is 14.5. The highest BCUT2D eigenvalue weighted by Gasteiger charge is 2.40. The Hall–Kier alpha value is -2.03. The molecule has 1 unspecified atom stereocenters. The van der Waals surface area contributed by atoms with E-state index >= 15 is 0 Å². The first-order valence-corrected chi connectivity index (χ1v) is 6.36. The SMILES string of the molecule is CC1(C)Oc2ccccc2C1Nc1cccc(F)c1. The van der Waals surface area contributed by atoms with Crippen molar-refractivity contribution in [3.8, 4) is 5.75 Å². The van der Waals surface area contributed by atoms with E-state index in [1.54, 1.807) is 6.07 Å². The van der Waals surface area contributed by atoms with Crippen molar-refractivity contribution in [2.75, 3.05) is 5.32 Å². The molecule has 2 aromatic carbocycles. The maximum atomic E-state index is 13.3. The molecule has 0 bridgehead atoms. The van der Waals surface area contributed by atoms with Gasteiger partial charge in [-0.25, -0.2) is 4.39 Å². The second kappa shape index (κ2) is 4.26. The standard InChI is InChI=1S/C16H16FNO/c1-16(2)15(13-8-3-4-9-14(13)19-16)18-12-7-5-6-11(17)10-12/h3-10,15,18H,1-2H3. The third-order valence-corrected chi connectivity index (χ3v) is 3.43. The monoisotopic (exact) mass is 257 g/mol. The molecule has 2 nitrogen and oxygen atoms in total. The molecular formula is C16H16FNO. The van der Waals surface area contributed by atoms with Crippen molar-refractivity contribution in [3.63, 3.8) is 0 Å². The van der Waals surface area contributed by atoms with E-state index in [0.717, 1.165) is 17.0 Å². The van der Waals surface area contributed by atoms with E-state index in [1.165, 1.54) is 12.1 Å². The fourth-order valence-electron chi connectivity index (χ4n) is 2.53. The lowest BCUT2D eigenvalue weighted by atomic mass is 9.94. The molecule has 1 atom stereocenters. The van der Waals surface area contributed by atoms with Crippen molar-refractivity contribution >= 4 is 5.69 Å². The molecule has 3 heteroatoms. The lowest BCUT2D eigenvalue weighted by molar-refractivity contribution is 0.118. The number of fused-ring (bicyclic) bond motifs is 1. The second-order valence-corrected chi connectivity index (χ2v) is 5.33. The zero-order chi connectivity index (χ0) is 13.5. The summed E-state index contributed by atoms with van der Waals surface area (Å²) >= 11 is 0. The minimum absolute atomic E-state index is 0.00509. The largest absolute Gasteiger partial charge is 0.485 e. The van der Waals surface area contributed by atoms with E-state index in [9.17, 15) is 4.39 Å². The van der Waals surface area contributed by atoms with Gasteiger partial charge < -0.3 is 10.1 Å². The van der Waals surface area contributed by atoms with Crippen LogP contribution in [0.2, 0.25) is 0 Å². The number of nitrogens with one attached hydrogen (secondary N) is 1. The number of benzene rings is 2. The van der Waals surface area contributed by atoms with Crippen LogP contribution >= 0.6 is 0 Å². The predicted molar refractivity (Wildman–Crippen MR) is 73.9 cm³/mol. The summed E-state index contributed by atoms with van der Waals surface area (Å²) in [7, 11) is 0. The molecule has 0 aliphatic carbocycles. The van der Waals surface area contributed by atoms with Gasteiger partial charge in [0.05, 0.1) is 6.04 Å². The van der Waals surface area contributed by atoms with Crippen molar-refractivity contribution in [2.45, 2.75) is 25.5 Å². The molecule has 2 aromatic rings. The van der Waals surface area contributed by atoms with E-state index < -0.39 is 0 Å². The number of hydrogen-bond donors (Lipinski definition) is 1. The quantitative estimate of drug-likeness (QED) is 0.872. The molecule has 0 aromatic heterocycles. The molecule has 1 aliphatic rings. The Morgan fingerprint density at radius 1 is 1.11 bits per heavy atom. The van der Waals surface area contributed by atoms with Gasteiger partial charge in [-0.2, -0.15) is 0 Å². The van der Waals surface area contributed by atoms with E-state index in [4.69, 9.17) is 4.74 Å². The molecule has 98 valence electrons. The van der Waals surface area contributed by atoms with Gasteiger partial charge in [0, 0.05) is 11.3 Å². The number of para-hydroxylation sites is 1. The summed E-state index contributed by atoms with van der Waals surface area (Å²) in [6.45, 7) is 4.06. The third kappa shape index (κ3) is 2.16. The summed E-state index contributed by atoms with van der Waals surface area (Å²) in [5, 5.41) is 3.36. The zero-order valence-corrected chi connectivity index (χ0v) is 11.0. The van der Waals surface area contributed by atoms with Crippen LogP contribution in [-0.2, 0) is 0 Å². The molecule has 0 saturated carbocycles. The molecule has 1 aliphatic heterocycles. The van der Waals surface area contributed by atoms with Gasteiger partial charge in [-0.05, 0) is 38.1 Å². The minimum atomic E-state index is -0.365. The molecule has 0 spiro atoms. The smallest absolute Gasteiger partial charge is 0.128 e. The number of hydrogen-bond acceptors (Lipinski definition) is 2. The Labute approximate surface area is 112 Å². The highest BCUT2D eigenvalue weighted by atomic mass is 19.1. The molecule has 0 amide bonds. The third-order valence-electron chi connectivity index (χ3n) is 3.43. The lowest BCUT2D eigenvalue weighted by Crippen LogP contribution is -2.34. The zero-order valence-electron chi connectivity index (χ0n) is 11.0. The minimum Gasteiger partial charge on any atom is -0.485 e. The van der Waals surface area contributed by atoms with Crippen LogP contribution in [0, 0.1) is 5.82 Å². The normalized spacial score (nSPS) is 19.6. The average Bonchev–Trinajstić information content (AvgIpc) is 2.61. The van der Waals surface area contributed by atoms with Crippen molar-refractivity contribution < 1.29 is 9.13 Å². The van der Waals surface area contributed by atoms with Gasteiger partial charge in [-0.15, -0.1) is 0 Å². The Morgan fingerprint density at radius 3 is 2.68 bits per heavy atom. The van der Waals surface area contributed by atoms with E-state index in [2.05, 4.69) is 5.32 Å². The molecule has 19 heavy (non-hydrogen) atoms. The Bertz CT molecular complexity index is 609. The molecule has 3 rings (SSSR count).